The van der Waals surface area contributed by atoms with Crippen molar-refractivity contribution >= 4 is 40.8 Å². The zero-order chi connectivity index (χ0) is 16.4. The third-order valence-corrected chi connectivity index (χ3v) is 6.57. The fourth-order valence-electron chi connectivity index (χ4n) is 3.95. The predicted molar refractivity (Wildman–Crippen MR) is 108 cm³/mol. The summed E-state index contributed by atoms with van der Waals surface area (Å²) in [6.07, 6.45) is 3.60. The van der Waals surface area contributed by atoms with Crippen molar-refractivity contribution in [2.24, 2.45) is 5.41 Å². The van der Waals surface area contributed by atoms with E-state index >= 15 is 0 Å². The number of nitrogens with zero attached hydrogens (tertiary/aromatic N) is 1. The Morgan fingerprint density at radius 2 is 1.84 bits per heavy atom. The van der Waals surface area contributed by atoms with Crippen molar-refractivity contribution < 1.29 is 4.79 Å². The quantitative estimate of drug-likeness (QED) is 0.823. The second-order valence-electron chi connectivity index (χ2n) is 7.11. The maximum Gasteiger partial charge on any atom is 0.232 e. The Balaban J connectivity index is 0.00000182. The van der Waals surface area contributed by atoms with E-state index in [-0.39, 0.29) is 18.3 Å². The molecule has 0 radical (unpaired) electrons. The van der Waals surface area contributed by atoms with Crippen LogP contribution in [0.3, 0.4) is 0 Å². The van der Waals surface area contributed by atoms with Gasteiger partial charge in [0.25, 0.3) is 0 Å². The topological polar surface area (TPSA) is 32.3 Å². The highest BCUT2D eigenvalue weighted by atomic mass is 35.5. The summed E-state index contributed by atoms with van der Waals surface area (Å²) in [6, 6.07) is 14.8. The van der Waals surface area contributed by atoms with E-state index < -0.39 is 0 Å². The Kier molecular flexibility index (Phi) is 5.92. The van der Waals surface area contributed by atoms with E-state index in [1.165, 1.54) is 22.1 Å². The standard InChI is InChI=1S/C20H24N2OS.ClH/c23-19(22-11-8-20(9-12-22)7-10-21-15-20)14-24-18-6-5-16-3-1-2-4-17(16)13-18;/h1-6,13,21H,7-12,14-15H2;1H. The molecule has 2 aromatic carbocycles. The second-order valence-corrected chi connectivity index (χ2v) is 8.15. The molecule has 5 heteroatoms. The summed E-state index contributed by atoms with van der Waals surface area (Å²) in [5.41, 5.74) is 0.474. The molecular formula is C20H25ClN2OS. The number of amides is 1. The summed E-state index contributed by atoms with van der Waals surface area (Å²) in [5, 5.41) is 5.97. The van der Waals surface area contributed by atoms with Crippen molar-refractivity contribution in [1.29, 1.82) is 0 Å². The summed E-state index contributed by atoms with van der Waals surface area (Å²) in [6.45, 7) is 4.14. The third kappa shape index (κ3) is 4.13. The van der Waals surface area contributed by atoms with Gasteiger partial charge in [0.05, 0.1) is 5.75 Å². The number of thioether (sulfide) groups is 1. The predicted octanol–water partition coefficient (Wildman–Crippen LogP) is 3.96. The van der Waals surface area contributed by atoms with Crippen molar-refractivity contribution in [2.45, 2.75) is 24.2 Å². The first kappa shape index (κ1) is 18.6. The minimum Gasteiger partial charge on any atom is -0.342 e. The van der Waals surface area contributed by atoms with Gasteiger partial charge in [-0.1, -0.05) is 30.3 Å². The molecule has 0 aromatic heterocycles. The largest absolute Gasteiger partial charge is 0.342 e. The monoisotopic (exact) mass is 376 g/mol. The maximum absolute atomic E-state index is 12.5. The Morgan fingerprint density at radius 1 is 1.08 bits per heavy atom. The molecular weight excluding hydrogens is 352 g/mol. The lowest BCUT2D eigenvalue weighted by atomic mass is 9.78. The highest BCUT2D eigenvalue weighted by Crippen LogP contribution is 2.37. The number of fused-ring (bicyclic) bond motifs is 1. The van der Waals surface area contributed by atoms with Crippen LogP contribution >= 0.6 is 24.2 Å². The van der Waals surface area contributed by atoms with E-state index in [2.05, 4.69) is 52.7 Å². The van der Waals surface area contributed by atoms with E-state index in [0.717, 1.165) is 39.0 Å². The minimum absolute atomic E-state index is 0. The van der Waals surface area contributed by atoms with Crippen molar-refractivity contribution in [3.63, 3.8) is 0 Å². The summed E-state index contributed by atoms with van der Waals surface area (Å²) in [7, 11) is 0. The molecule has 2 aliphatic heterocycles. The lowest BCUT2D eigenvalue weighted by Crippen LogP contribution is -2.44. The molecule has 0 bridgehead atoms. The number of hydrogen-bond acceptors (Lipinski definition) is 3. The molecule has 2 aliphatic rings. The van der Waals surface area contributed by atoms with Crippen molar-refractivity contribution in [1.82, 2.24) is 10.2 Å². The van der Waals surface area contributed by atoms with Crippen molar-refractivity contribution in [3.05, 3.63) is 42.5 Å². The zero-order valence-electron chi connectivity index (χ0n) is 14.4. The van der Waals surface area contributed by atoms with E-state index in [9.17, 15) is 4.79 Å². The highest BCUT2D eigenvalue weighted by molar-refractivity contribution is 8.00. The van der Waals surface area contributed by atoms with Crippen molar-refractivity contribution in [2.75, 3.05) is 31.9 Å². The molecule has 0 saturated carbocycles. The number of carbonyl (C=O) groups excluding carboxylic acids is 1. The van der Waals surface area contributed by atoms with Crippen LogP contribution in [0.4, 0.5) is 0 Å². The molecule has 2 fully saturated rings. The van der Waals surface area contributed by atoms with Gasteiger partial charge >= 0.3 is 0 Å². The lowest BCUT2D eigenvalue weighted by Gasteiger charge is -2.38. The molecule has 25 heavy (non-hydrogen) atoms. The fourth-order valence-corrected chi connectivity index (χ4v) is 4.79. The molecule has 3 nitrogen and oxygen atoms in total. The van der Waals surface area contributed by atoms with Gasteiger partial charge in [-0.15, -0.1) is 24.2 Å². The summed E-state index contributed by atoms with van der Waals surface area (Å²) >= 11 is 1.66. The molecule has 1 spiro atoms. The van der Waals surface area contributed by atoms with Crippen LogP contribution in [0.1, 0.15) is 19.3 Å². The van der Waals surface area contributed by atoms with Crippen LogP contribution in [0.5, 0.6) is 0 Å². The van der Waals surface area contributed by atoms with Crippen LogP contribution in [-0.4, -0.2) is 42.7 Å². The molecule has 1 amide bonds. The normalized spacial score (nSPS) is 19.1. The molecule has 134 valence electrons. The Bertz CT molecular complexity index is 735. The van der Waals surface area contributed by atoms with Gasteiger partial charge in [-0.3, -0.25) is 4.79 Å². The van der Waals surface area contributed by atoms with Crippen LogP contribution in [0.2, 0.25) is 0 Å². The van der Waals surface area contributed by atoms with Crippen LogP contribution in [-0.2, 0) is 4.79 Å². The van der Waals surface area contributed by atoms with Gasteiger partial charge in [-0.2, -0.15) is 0 Å². The van der Waals surface area contributed by atoms with Crippen molar-refractivity contribution in [3.8, 4) is 0 Å². The highest BCUT2D eigenvalue weighted by Gasteiger charge is 2.37. The van der Waals surface area contributed by atoms with Gasteiger partial charge in [0, 0.05) is 24.5 Å². The van der Waals surface area contributed by atoms with Gasteiger partial charge in [-0.25, -0.2) is 0 Å². The number of rotatable bonds is 3. The number of nitrogens with one attached hydrogen (secondary N) is 1. The maximum atomic E-state index is 12.5. The average molecular weight is 377 g/mol. The molecule has 1 N–H and O–H groups in total. The number of benzene rings is 2. The summed E-state index contributed by atoms with van der Waals surface area (Å²) in [5.74, 6) is 0.831. The first-order valence-corrected chi connectivity index (χ1v) is 9.83. The number of likely N-dealkylation sites (tertiary alicyclic amines) is 1. The van der Waals surface area contributed by atoms with E-state index in [4.69, 9.17) is 0 Å². The van der Waals surface area contributed by atoms with Gasteiger partial charge in [-0.05, 0) is 54.1 Å². The Labute approximate surface area is 159 Å². The average Bonchev–Trinajstić information content (AvgIpc) is 3.08. The molecule has 0 unspecified atom stereocenters. The molecule has 4 rings (SSSR count). The number of hydrogen-bond donors (Lipinski definition) is 1. The Hall–Kier alpha value is -1.23. The van der Waals surface area contributed by atoms with Crippen LogP contribution in [0.25, 0.3) is 10.8 Å². The number of carbonyl (C=O) groups is 1. The molecule has 0 aliphatic carbocycles. The summed E-state index contributed by atoms with van der Waals surface area (Å²) in [4.78, 5) is 15.8. The molecule has 2 aromatic rings. The SMILES string of the molecule is Cl.O=C(CSc1ccc2ccccc2c1)N1CCC2(CCNC2)CC1. The van der Waals surface area contributed by atoms with Gasteiger partial charge in [0.15, 0.2) is 0 Å². The fraction of sp³-hybridized carbons (Fsp3) is 0.450. The van der Waals surface area contributed by atoms with E-state index in [1.807, 2.05) is 0 Å². The Morgan fingerprint density at radius 3 is 2.56 bits per heavy atom. The number of halogens is 1. The summed E-state index contributed by atoms with van der Waals surface area (Å²) < 4.78 is 0. The molecule has 0 atom stereocenters. The molecule has 2 heterocycles. The zero-order valence-corrected chi connectivity index (χ0v) is 16.0. The minimum atomic E-state index is 0. The van der Waals surface area contributed by atoms with E-state index in [1.54, 1.807) is 11.8 Å². The molecule has 2 saturated heterocycles. The van der Waals surface area contributed by atoms with E-state index in [0.29, 0.717) is 11.2 Å². The first-order valence-electron chi connectivity index (χ1n) is 8.84. The van der Waals surface area contributed by atoms with Crippen LogP contribution < -0.4 is 5.32 Å². The first-order chi connectivity index (χ1) is 11.7. The lowest BCUT2D eigenvalue weighted by molar-refractivity contribution is -0.130. The van der Waals surface area contributed by atoms with Crippen LogP contribution in [0.15, 0.2) is 47.4 Å². The van der Waals surface area contributed by atoms with Gasteiger partial charge < -0.3 is 10.2 Å². The third-order valence-electron chi connectivity index (χ3n) is 5.59. The number of piperidine rings is 1. The second kappa shape index (κ2) is 7.98. The van der Waals surface area contributed by atoms with Crippen LogP contribution in [0, 0.1) is 5.41 Å². The van der Waals surface area contributed by atoms with Gasteiger partial charge in [0.2, 0.25) is 5.91 Å². The smallest absolute Gasteiger partial charge is 0.232 e. The van der Waals surface area contributed by atoms with Gasteiger partial charge in [0.1, 0.15) is 0 Å².